The Labute approximate surface area is 56.5 Å². The normalized spacial score (nSPS) is 9.56. The molecule has 1 aromatic rings. The predicted molar refractivity (Wildman–Crippen MR) is 41.9 cm³/mol. The van der Waals surface area contributed by atoms with Crippen molar-refractivity contribution < 1.29 is 0 Å². The van der Waals surface area contributed by atoms with Gasteiger partial charge < -0.3 is 0 Å². The van der Waals surface area contributed by atoms with E-state index in [2.05, 4.69) is 25.8 Å². The van der Waals surface area contributed by atoms with Gasteiger partial charge in [0.25, 0.3) is 0 Å². The predicted octanol–water partition coefficient (Wildman–Crippen LogP) is -0.0432. The summed E-state index contributed by atoms with van der Waals surface area (Å²) in [6.45, 7) is 4.11. The monoisotopic (exact) mass is 119 g/mol. The molecule has 0 fully saturated rings. The lowest BCUT2D eigenvalue weighted by molar-refractivity contribution is 1.19. The first-order valence-electron chi connectivity index (χ1n) is 3.10. The highest BCUT2D eigenvalue weighted by Crippen LogP contribution is 1.93. The Morgan fingerprint density at radius 3 is 2.56 bits per heavy atom. The lowest BCUT2D eigenvalue weighted by atomic mass is 9.93. The van der Waals surface area contributed by atoms with Crippen LogP contribution in [0.4, 0.5) is 0 Å². The van der Waals surface area contributed by atoms with Crippen LogP contribution >= 0.6 is 0 Å². The van der Waals surface area contributed by atoms with E-state index >= 15 is 0 Å². The number of pyridine rings is 1. The maximum Gasteiger partial charge on any atom is 0.141 e. The summed E-state index contributed by atoms with van der Waals surface area (Å²) in [7, 11) is 2.07. The first kappa shape index (κ1) is 6.34. The molecular weight excluding hydrogens is 109 g/mol. The molecule has 0 atom stereocenters. The van der Waals surface area contributed by atoms with Gasteiger partial charge in [0.2, 0.25) is 0 Å². The molecule has 2 heteroatoms. The van der Waals surface area contributed by atoms with Crippen LogP contribution < -0.4 is 5.46 Å². The SMILES string of the molecule is Bc1cnc(C)cc1C. The Kier molecular flexibility index (Phi) is 1.56. The zero-order chi connectivity index (χ0) is 6.85. The van der Waals surface area contributed by atoms with Gasteiger partial charge in [-0.2, -0.15) is 0 Å². The molecule has 0 amide bonds. The van der Waals surface area contributed by atoms with Crippen molar-refractivity contribution in [2.75, 3.05) is 0 Å². The van der Waals surface area contributed by atoms with Crippen LogP contribution in [0.5, 0.6) is 0 Å². The summed E-state index contributed by atoms with van der Waals surface area (Å²) >= 11 is 0. The van der Waals surface area contributed by atoms with Gasteiger partial charge in [0.1, 0.15) is 7.85 Å². The van der Waals surface area contributed by atoms with Crippen molar-refractivity contribution in [2.24, 2.45) is 0 Å². The molecule has 0 radical (unpaired) electrons. The first-order valence-corrected chi connectivity index (χ1v) is 3.10. The molecule has 1 nitrogen and oxygen atoms in total. The molecule has 46 valence electrons. The van der Waals surface area contributed by atoms with Gasteiger partial charge in [0.05, 0.1) is 0 Å². The average Bonchev–Trinajstić information content (AvgIpc) is 1.80. The van der Waals surface area contributed by atoms with Gasteiger partial charge in [-0.05, 0) is 19.9 Å². The van der Waals surface area contributed by atoms with E-state index in [0.717, 1.165) is 5.69 Å². The number of hydrogen-bond acceptors (Lipinski definition) is 1. The van der Waals surface area contributed by atoms with Gasteiger partial charge in [-0.3, -0.25) is 4.98 Å². The maximum atomic E-state index is 4.14. The highest BCUT2D eigenvalue weighted by molar-refractivity contribution is 6.33. The molecule has 0 aliphatic carbocycles. The van der Waals surface area contributed by atoms with E-state index in [4.69, 9.17) is 0 Å². The van der Waals surface area contributed by atoms with Crippen molar-refractivity contribution in [2.45, 2.75) is 13.8 Å². The van der Waals surface area contributed by atoms with Crippen molar-refractivity contribution >= 4 is 13.3 Å². The van der Waals surface area contributed by atoms with Gasteiger partial charge >= 0.3 is 0 Å². The largest absolute Gasteiger partial charge is 0.262 e. The summed E-state index contributed by atoms with van der Waals surface area (Å²) in [6, 6.07) is 2.09. The van der Waals surface area contributed by atoms with E-state index in [1.165, 1.54) is 11.0 Å². The molecule has 0 aromatic carbocycles. The van der Waals surface area contributed by atoms with Gasteiger partial charge in [0.15, 0.2) is 0 Å². The van der Waals surface area contributed by atoms with Crippen LogP contribution in [0.1, 0.15) is 11.3 Å². The Bertz CT molecular complexity index is 220. The van der Waals surface area contributed by atoms with E-state index in [1.807, 2.05) is 13.1 Å². The fourth-order valence-electron chi connectivity index (χ4n) is 0.765. The number of rotatable bonds is 0. The lowest BCUT2D eigenvalue weighted by Gasteiger charge is -1.97. The second-order valence-corrected chi connectivity index (χ2v) is 2.41. The van der Waals surface area contributed by atoms with Crippen molar-refractivity contribution in [1.82, 2.24) is 4.98 Å². The quantitative estimate of drug-likeness (QED) is 0.436. The molecular formula is C7H10BN. The topological polar surface area (TPSA) is 12.9 Å². The van der Waals surface area contributed by atoms with Gasteiger partial charge in [0, 0.05) is 11.9 Å². The third kappa shape index (κ3) is 1.32. The fraction of sp³-hybridized carbons (Fsp3) is 0.286. The summed E-state index contributed by atoms with van der Waals surface area (Å²) in [5, 5.41) is 0. The van der Waals surface area contributed by atoms with Crippen molar-refractivity contribution in [1.29, 1.82) is 0 Å². The molecule has 0 bridgehead atoms. The van der Waals surface area contributed by atoms with Crippen LogP contribution in [0, 0.1) is 13.8 Å². The molecule has 0 unspecified atom stereocenters. The van der Waals surface area contributed by atoms with Crippen molar-refractivity contribution in [3.63, 3.8) is 0 Å². The van der Waals surface area contributed by atoms with Crippen LogP contribution in [0.15, 0.2) is 12.3 Å². The van der Waals surface area contributed by atoms with E-state index in [0.29, 0.717) is 0 Å². The zero-order valence-corrected chi connectivity index (χ0v) is 6.10. The second kappa shape index (κ2) is 2.22. The number of aromatic nitrogens is 1. The van der Waals surface area contributed by atoms with Crippen molar-refractivity contribution in [3.05, 3.63) is 23.5 Å². The molecule has 0 N–H and O–H groups in total. The molecule has 0 spiro atoms. The Morgan fingerprint density at radius 2 is 2.11 bits per heavy atom. The maximum absolute atomic E-state index is 4.14. The summed E-state index contributed by atoms with van der Waals surface area (Å²) in [5.74, 6) is 0. The van der Waals surface area contributed by atoms with Crippen molar-refractivity contribution in [3.8, 4) is 0 Å². The molecule has 1 heterocycles. The Hall–Kier alpha value is -0.785. The second-order valence-electron chi connectivity index (χ2n) is 2.41. The van der Waals surface area contributed by atoms with Crippen LogP contribution in [0.3, 0.4) is 0 Å². The van der Waals surface area contributed by atoms with Gasteiger partial charge in [-0.1, -0.05) is 11.0 Å². The average molecular weight is 119 g/mol. The van der Waals surface area contributed by atoms with Gasteiger partial charge in [-0.15, -0.1) is 0 Å². The zero-order valence-electron chi connectivity index (χ0n) is 6.10. The van der Waals surface area contributed by atoms with Crippen LogP contribution in [0.2, 0.25) is 0 Å². The highest BCUT2D eigenvalue weighted by Gasteiger charge is 1.90. The van der Waals surface area contributed by atoms with E-state index in [-0.39, 0.29) is 0 Å². The molecule has 0 aliphatic rings. The molecule has 0 saturated heterocycles. The number of aryl methyl sites for hydroxylation is 2. The standard InChI is InChI=1S/C7H10BN/c1-5-3-6(2)9-4-7(5)8/h3-4H,8H2,1-2H3. The Balaban J connectivity index is 3.17. The first-order chi connectivity index (χ1) is 4.20. The summed E-state index contributed by atoms with van der Waals surface area (Å²) in [6.07, 6.45) is 1.91. The third-order valence-corrected chi connectivity index (χ3v) is 1.51. The number of hydrogen-bond donors (Lipinski definition) is 0. The molecule has 9 heavy (non-hydrogen) atoms. The highest BCUT2D eigenvalue weighted by atomic mass is 14.6. The lowest BCUT2D eigenvalue weighted by Crippen LogP contribution is -2.07. The fourth-order valence-corrected chi connectivity index (χ4v) is 0.765. The minimum absolute atomic E-state index is 1.10. The summed E-state index contributed by atoms with van der Waals surface area (Å²) < 4.78 is 0. The molecule has 0 saturated carbocycles. The van der Waals surface area contributed by atoms with Gasteiger partial charge in [-0.25, -0.2) is 0 Å². The van der Waals surface area contributed by atoms with Crippen LogP contribution in [-0.2, 0) is 0 Å². The van der Waals surface area contributed by atoms with Crippen LogP contribution in [-0.4, -0.2) is 12.8 Å². The minimum Gasteiger partial charge on any atom is -0.262 e. The number of nitrogens with zero attached hydrogens (tertiary/aromatic N) is 1. The minimum atomic E-state index is 1.10. The van der Waals surface area contributed by atoms with E-state index in [1.54, 1.807) is 0 Å². The smallest absolute Gasteiger partial charge is 0.141 e. The van der Waals surface area contributed by atoms with Crippen LogP contribution in [0.25, 0.3) is 0 Å². The molecule has 0 aliphatic heterocycles. The molecule has 1 aromatic heterocycles. The molecule has 1 rings (SSSR count). The van der Waals surface area contributed by atoms with E-state index < -0.39 is 0 Å². The summed E-state index contributed by atoms with van der Waals surface area (Å²) in [4.78, 5) is 4.14. The summed E-state index contributed by atoms with van der Waals surface area (Å²) in [5.41, 5.74) is 3.68. The Morgan fingerprint density at radius 1 is 1.44 bits per heavy atom. The van der Waals surface area contributed by atoms with E-state index in [9.17, 15) is 0 Å². The third-order valence-electron chi connectivity index (χ3n) is 1.51.